The van der Waals surface area contributed by atoms with Gasteiger partial charge >= 0.3 is 12.1 Å². The summed E-state index contributed by atoms with van der Waals surface area (Å²) in [5.74, 6) is -2.33. The number of alkyl carbamates (subject to hydrolysis) is 1. The summed E-state index contributed by atoms with van der Waals surface area (Å²) >= 11 is 17.7. The fourth-order valence-electron chi connectivity index (χ4n) is 2.94. The van der Waals surface area contributed by atoms with Crippen LogP contribution >= 0.6 is 46.6 Å². The summed E-state index contributed by atoms with van der Waals surface area (Å²) in [6.45, 7) is 6.36. The van der Waals surface area contributed by atoms with Gasteiger partial charge in [0, 0.05) is 4.75 Å². The van der Waals surface area contributed by atoms with Gasteiger partial charge in [0.15, 0.2) is 0 Å². The summed E-state index contributed by atoms with van der Waals surface area (Å²) in [4.78, 5) is 49.2. The molecule has 4 atom stereocenters. The molecule has 2 aliphatic rings. The maximum atomic E-state index is 12.4. The Morgan fingerprint density at radius 2 is 2.04 bits per heavy atom. The van der Waals surface area contributed by atoms with E-state index in [-0.39, 0.29) is 0 Å². The first kappa shape index (κ1) is 22.9. The number of thioether (sulfide) groups is 1. The molecule has 0 spiro atoms. The highest BCUT2D eigenvalue weighted by molar-refractivity contribution is 8.01. The summed E-state index contributed by atoms with van der Waals surface area (Å²) in [5, 5.41) is 13.6. The normalized spacial score (nSPS) is 26.5. The van der Waals surface area contributed by atoms with E-state index in [0.717, 1.165) is 6.08 Å². The highest BCUT2D eigenvalue weighted by Gasteiger charge is 2.64. The lowest BCUT2D eigenvalue weighted by atomic mass is 9.96. The number of fused-ring (bicyclic) bond motifs is 1. The predicted molar refractivity (Wildman–Crippen MR) is 104 cm³/mol. The zero-order valence-electron chi connectivity index (χ0n) is 14.8. The second kappa shape index (κ2) is 8.17. The molecule has 9 nitrogen and oxygen atoms in total. The van der Waals surface area contributed by atoms with Gasteiger partial charge in [-0.05, 0) is 13.8 Å². The van der Waals surface area contributed by atoms with E-state index in [0.29, 0.717) is 0 Å². The number of rotatable bonds is 6. The average Bonchev–Trinajstić information content (AvgIpc) is 2.83. The Kier molecular flexibility index (Phi) is 6.69. The Bertz CT molecular complexity index is 714. The molecule has 28 heavy (non-hydrogen) atoms. The molecule has 2 fully saturated rings. The lowest BCUT2D eigenvalue weighted by molar-refractivity contribution is -0.161. The molecular weight excluding hydrogens is 457 g/mol. The second-order valence-corrected chi connectivity index (χ2v) is 10.9. The fraction of sp³-hybridized carbons (Fsp3) is 0.600. The van der Waals surface area contributed by atoms with E-state index in [1.54, 1.807) is 13.8 Å². The van der Waals surface area contributed by atoms with Crippen molar-refractivity contribution in [1.82, 2.24) is 15.5 Å². The molecule has 1 unspecified atom stereocenters. The van der Waals surface area contributed by atoms with Crippen LogP contribution in [0.15, 0.2) is 12.7 Å². The second-order valence-electron chi connectivity index (χ2n) is 6.63. The number of alkyl halides is 3. The van der Waals surface area contributed by atoms with Crippen molar-refractivity contribution in [3.8, 4) is 0 Å². The molecule has 0 radical (unpaired) electrons. The van der Waals surface area contributed by atoms with Gasteiger partial charge in [0.1, 0.15) is 30.1 Å². The van der Waals surface area contributed by atoms with E-state index in [9.17, 15) is 24.3 Å². The van der Waals surface area contributed by atoms with Crippen molar-refractivity contribution in [2.45, 2.75) is 45.9 Å². The van der Waals surface area contributed by atoms with Gasteiger partial charge < -0.3 is 25.4 Å². The Balaban J connectivity index is 1.97. The molecule has 0 aliphatic carbocycles. The van der Waals surface area contributed by atoms with Crippen LogP contribution in [0, 0.1) is 0 Å². The molecule has 0 aromatic heterocycles. The number of carbonyl (C=O) groups is 4. The minimum atomic E-state index is -1.81. The van der Waals surface area contributed by atoms with E-state index in [1.165, 1.54) is 16.7 Å². The lowest BCUT2D eigenvalue weighted by Crippen LogP contribution is -2.71. The lowest BCUT2D eigenvalue weighted by Gasteiger charge is -2.43. The Hall–Kier alpha value is -1.36. The minimum Gasteiger partial charge on any atom is -0.480 e. The number of nitrogens with one attached hydrogen (secondary N) is 2. The average molecular weight is 475 g/mol. The molecule has 3 amide bonds. The van der Waals surface area contributed by atoms with Gasteiger partial charge in [-0.15, -0.1) is 18.3 Å². The molecule has 0 bridgehead atoms. The van der Waals surface area contributed by atoms with Crippen LogP contribution in [0.3, 0.4) is 0 Å². The van der Waals surface area contributed by atoms with E-state index in [4.69, 9.17) is 34.8 Å². The smallest absolute Gasteiger partial charge is 0.408 e. The molecule has 0 saturated carbocycles. The topological polar surface area (TPSA) is 125 Å². The van der Waals surface area contributed by atoms with Gasteiger partial charge in [0.2, 0.25) is 15.6 Å². The number of hydrogen-bond donors (Lipinski definition) is 3. The van der Waals surface area contributed by atoms with E-state index >= 15 is 0 Å². The molecule has 2 saturated heterocycles. The van der Waals surface area contributed by atoms with Crippen molar-refractivity contribution in [2.24, 2.45) is 0 Å². The van der Waals surface area contributed by atoms with Crippen LogP contribution in [-0.2, 0) is 19.1 Å². The van der Waals surface area contributed by atoms with Crippen molar-refractivity contribution >= 4 is 70.4 Å². The van der Waals surface area contributed by atoms with E-state index < -0.39 is 62.5 Å². The highest BCUT2D eigenvalue weighted by atomic mass is 35.6. The fourth-order valence-corrected chi connectivity index (χ4v) is 4.73. The Morgan fingerprint density at radius 3 is 2.54 bits per heavy atom. The van der Waals surface area contributed by atoms with Crippen molar-refractivity contribution in [1.29, 1.82) is 0 Å². The number of hydrogen-bond acceptors (Lipinski definition) is 6. The van der Waals surface area contributed by atoms with Crippen LogP contribution in [-0.4, -0.2) is 72.5 Å². The maximum Gasteiger partial charge on any atom is 0.408 e. The number of carboxylic acids is 1. The molecule has 3 N–H and O–H groups in total. The molecule has 156 valence electrons. The third-order valence-corrected chi connectivity index (χ3v) is 6.03. The minimum absolute atomic E-state index is 0.509. The third kappa shape index (κ3) is 4.79. The third-order valence-electron chi connectivity index (χ3n) is 4.13. The number of carbonyl (C=O) groups excluding carboxylic acids is 3. The van der Waals surface area contributed by atoms with Crippen molar-refractivity contribution < 1.29 is 29.0 Å². The Morgan fingerprint density at radius 1 is 1.43 bits per heavy atom. The largest absolute Gasteiger partial charge is 0.480 e. The van der Waals surface area contributed by atoms with Gasteiger partial charge in [-0.1, -0.05) is 40.9 Å². The Labute approximate surface area is 180 Å². The molecule has 13 heteroatoms. The van der Waals surface area contributed by atoms with Gasteiger partial charge in [0.05, 0.1) is 0 Å². The number of amides is 3. The first-order chi connectivity index (χ1) is 12.8. The molecular formula is C15H18Cl3N3O6S. The standard InChI is InChI=1S/C15H18Cl3N3O6S/c1-4-6(19-13(26)27-5-15(16,17)18)9(22)20-7-10(23)21-8(12(24)25)14(2,3)28-11(7)21/h4,6-8,11H,1,5H2,2-3H3,(H,19,26)(H,20,22)(H,24,25)/t6?,7-,8-,11+/m0/s1. The van der Waals surface area contributed by atoms with Crippen molar-refractivity contribution in [3.63, 3.8) is 0 Å². The number of halogens is 3. The zero-order chi connectivity index (χ0) is 21.4. The van der Waals surface area contributed by atoms with Crippen molar-refractivity contribution in [2.75, 3.05) is 6.61 Å². The summed E-state index contributed by atoms with van der Waals surface area (Å²) in [5.41, 5.74) is 0. The quantitative estimate of drug-likeness (QED) is 0.301. The molecule has 0 aromatic carbocycles. The number of ether oxygens (including phenoxy) is 1. The van der Waals surface area contributed by atoms with Crippen LogP contribution in [0.5, 0.6) is 0 Å². The van der Waals surface area contributed by atoms with Crippen LogP contribution in [0.4, 0.5) is 4.79 Å². The number of β-lactam (4-membered cyclic amide) rings is 1. The van der Waals surface area contributed by atoms with Gasteiger partial charge in [-0.2, -0.15) is 0 Å². The van der Waals surface area contributed by atoms with Crippen LogP contribution < -0.4 is 10.6 Å². The summed E-state index contributed by atoms with van der Waals surface area (Å²) in [6.07, 6.45) is 0.119. The zero-order valence-corrected chi connectivity index (χ0v) is 17.9. The monoisotopic (exact) mass is 473 g/mol. The van der Waals surface area contributed by atoms with Crippen LogP contribution in [0.1, 0.15) is 13.8 Å². The predicted octanol–water partition coefficient (Wildman–Crippen LogP) is 1.27. The maximum absolute atomic E-state index is 12.4. The summed E-state index contributed by atoms with van der Waals surface area (Å²) in [7, 11) is 0. The summed E-state index contributed by atoms with van der Waals surface area (Å²) in [6, 6.07) is -3.12. The van der Waals surface area contributed by atoms with Gasteiger partial charge in [-0.3, -0.25) is 9.59 Å². The summed E-state index contributed by atoms with van der Waals surface area (Å²) < 4.78 is 2.15. The number of carboxylic acid groups (broad SMARTS) is 1. The van der Waals surface area contributed by atoms with Crippen LogP contribution in [0.2, 0.25) is 0 Å². The highest BCUT2D eigenvalue weighted by Crippen LogP contribution is 2.50. The first-order valence-corrected chi connectivity index (χ1v) is 9.95. The SMILES string of the molecule is C=CC(NC(=O)OCC(Cl)(Cl)Cl)C(=O)N[C@H]1C(=O)N2[C@@H]1SC(C)(C)[C@@H]2C(=O)O. The van der Waals surface area contributed by atoms with E-state index in [1.807, 2.05) is 0 Å². The molecule has 0 aromatic rings. The van der Waals surface area contributed by atoms with Crippen molar-refractivity contribution in [3.05, 3.63) is 12.7 Å². The molecule has 2 heterocycles. The molecule has 2 rings (SSSR count). The van der Waals surface area contributed by atoms with Crippen LogP contribution in [0.25, 0.3) is 0 Å². The van der Waals surface area contributed by atoms with E-state index in [2.05, 4.69) is 21.9 Å². The van der Waals surface area contributed by atoms with Gasteiger partial charge in [-0.25, -0.2) is 9.59 Å². The number of nitrogens with zero attached hydrogens (tertiary/aromatic N) is 1. The van der Waals surface area contributed by atoms with Gasteiger partial charge in [0.25, 0.3) is 0 Å². The number of aliphatic carboxylic acids is 1. The molecule has 2 aliphatic heterocycles. The first-order valence-electron chi connectivity index (χ1n) is 7.94.